The number of hydrogen-bond acceptors (Lipinski definition) is 8. The summed E-state index contributed by atoms with van der Waals surface area (Å²) in [4.78, 5) is 46.9. The second-order valence-corrected chi connectivity index (χ2v) is 8.98. The maximum absolute atomic E-state index is 13.3. The van der Waals surface area contributed by atoms with E-state index in [2.05, 4.69) is 15.3 Å². The zero-order valence-corrected chi connectivity index (χ0v) is 19.2. The fourth-order valence-electron chi connectivity index (χ4n) is 3.37. The summed E-state index contributed by atoms with van der Waals surface area (Å²) in [6.45, 7) is 2.60. The first-order valence-corrected chi connectivity index (χ1v) is 11.3. The van der Waals surface area contributed by atoms with E-state index < -0.39 is 18.4 Å². The van der Waals surface area contributed by atoms with Crippen LogP contribution in [0, 0.1) is 6.92 Å². The second kappa shape index (κ2) is 9.55. The number of thiocarbonyl (C=S) groups is 1. The van der Waals surface area contributed by atoms with Gasteiger partial charge < -0.3 is 15.0 Å². The van der Waals surface area contributed by atoms with Crippen LogP contribution in [-0.4, -0.2) is 58.2 Å². The van der Waals surface area contributed by atoms with Gasteiger partial charge in [-0.25, -0.2) is 9.97 Å². The number of amides is 1. The van der Waals surface area contributed by atoms with Crippen LogP contribution < -0.4 is 10.9 Å². The van der Waals surface area contributed by atoms with Crippen LogP contribution in [0.3, 0.4) is 0 Å². The van der Waals surface area contributed by atoms with E-state index in [1.54, 1.807) is 24.8 Å². The minimum atomic E-state index is -1.17. The van der Waals surface area contributed by atoms with Gasteiger partial charge in [-0.15, -0.1) is 0 Å². The van der Waals surface area contributed by atoms with Crippen LogP contribution in [0.2, 0.25) is 0 Å². The SMILES string of the molecule is Cc1cccn2c(=O)c(C=C3SC(=S)N(CC(=O)O)C3=O)c(NCCCn3ccnc3)nc12. The molecule has 12 heteroatoms. The number of fused-ring (bicyclic) bond motifs is 1. The highest BCUT2D eigenvalue weighted by atomic mass is 32.2. The molecule has 170 valence electrons. The van der Waals surface area contributed by atoms with Crippen molar-refractivity contribution in [3.63, 3.8) is 0 Å². The van der Waals surface area contributed by atoms with E-state index in [0.717, 1.165) is 35.2 Å². The quantitative estimate of drug-likeness (QED) is 0.281. The number of hydrogen-bond donors (Lipinski definition) is 2. The third-order valence-electron chi connectivity index (χ3n) is 4.97. The lowest BCUT2D eigenvalue weighted by Crippen LogP contribution is -2.33. The fourth-order valence-corrected chi connectivity index (χ4v) is 4.60. The van der Waals surface area contributed by atoms with Crippen LogP contribution in [-0.2, 0) is 16.1 Å². The molecule has 3 aromatic rings. The average molecular weight is 485 g/mol. The zero-order chi connectivity index (χ0) is 23.5. The Balaban J connectivity index is 1.69. The van der Waals surface area contributed by atoms with E-state index in [1.807, 2.05) is 23.8 Å². The molecule has 0 aliphatic carbocycles. The molecule has 1 amide bonds. The standard InChI is InChI=1S/C21H20N6O4S2/c1-13-4-2-8-26-18(13)24-17(23-5-3-7-25-9-6-22-12-25)14(19(26)30)10-15-20(31)27(11-16(28)29)21(32)33-15/h2,4,6,8-10,12,23H,3,5,7,11H2,1H3,(H,28,29). The minimum absolute atomic E-state index is 0.133. The zero-order valence-electron chi connectivity index (χ0n) is 17.6. The van der Waals surface area contributed by atoms with Crippen LogP contribution in [0.4, 0.5) is 5.82 Å². The molecule has 1 aliphatic rings. The highest BCUT2D eigenvalue weighted by molar-refractivity contribution is 8.26. The predicted octanol–water partition coefficient (Wildman–Crippen LogP) is 1.99. The molecule has 1 saturated heterocycles. The van der Waals surface area contributed by atoms with E-state index in [0.29, 0.717) is 18.0 Å². The third kappa shape index (κ3) is 4.81. The van der Waals surface area contributed by atoms with Gasteiger partial charge in [0.15, 0.2) is 0 Å². The minimum Gasteiger partial charge on any atom is -0.480 e. The number of aromatic nitrogens is 4. The number of aryl methyl sites for hydroxylation is 2. The van der Waals surface area contributed by atoms with Crippen LogP contribution in [0.5, 0.6) is 0 Å². The highest BCUT2D eigenvalue weighted by Gasteiger charge is 2.34. The van der Waals surface area contributed by atoms with Gasteiger partial charge in [0, 0.05) is 31.7 Å². The first kappa shape index (κ1) is 22.7. The maximum Gasteiger partial charge on any atom is 0.323 e. The van der Waals surface area contributed by atoms with Crippen molar-refractivity contribution < 1.29 is 14.7 Å². The summed E-state index contributed by atoms with van der Waals surface area (Å²) >= 11 is 6.12. The molecule has 4 rings (SSSR count). The average Bonchev–Trinajstić information content (AvgIpc) is 3.38. The summed E-state index contributed by atoms with van der Waals surface area (Å²) < 4.78 is 3.51. The molecular weight excluding hydrogens is 464 g/mol. The van der Waals surface area contributed by atoms with Crippen molar-refractivity contribution in [3.05, 3.63) is 63.4 Å². The molecule has 4 heterocycles. The largest absolute Gasteiger partial charge is 0.480 e. The van der Waals surface area contributed by atoms with Crippen LogP contribution in [0.15, 0.2) is 46.8 Å². The Bertz CT molecular complexity index is 1330. The van der Waals surface area contributed by atoms with E-state index in [4.69, 9.17) is 17.3 Å². The number of nitrogens with zero attached hydrogens (tertiary/aromatic N) is 5. The molecule has 0 saturated carbocycles. The Kier molecular flexibility index (Phi) is 6.56. The number of carboxylic acids is 1. The van der Waals surface area contributed by atoms with Crippen LogP contribution in [0.1, 0.15) is 17.5 Å². The van der Waals surface area contributed by atoms with Crippen molar-refractivity contribution in [1.29, 1.82) is 0 Å². The predicted molar refractivity (Wildman–Crippen MR) is 129 cm³/mol. The number of nitrogens with one attached hydrogen (secondary N) is 1. The molecule has 0 bridgehead atoms. The number of pyridine rings is 1. The Morgan fingerprint density at radius 3 is 2.88 bits per heavy atom. The van der Waals surface area contributed by atoms with Gasteiger partial charge in [-0.05, 0) is 31.1 Å². The van der Waals surface area contributed by atoms with E-state index in [9.17, 15) is 14.4 Å². The van der Waals surface area contributed by atoms with Gasteiger partial charge in [-0.1, -0.05) is 30.0 Å². The number of carboxylic acid groups (broad SMARTS) is 1. The molecule has 0 unspecified atom stereocenters. The molecule has 0 spiro atoms. The lowest BCUT2D eigenvalue weighted by Gasteiger charge is -2.12. The van der Waals surface area contributed by atoms with E-state index in [-0.39, 0.29) is 20.3 Å². The number of carbonyl (C=O) groups excluding carboxylic acids is 1. The van der Waals surface area contributed by atoms with Crippen molar-refractivity contribution in [2.75, 3.05) is 18.4 Å². The van der Waals surface area contributed by atoms with Crippen LogP contribution in [0.25, 0.3) is 11.7 Å². The van der Waals surface area contributed by atoms with Crippen molar-refractivity contribution in [2.45, 2.75) is 19.9 Å². The summed E-state index contributed by atoms with van der Waals surface area (Å²) in [6.07, 6.45) is 9.12. The summed E-state index contributed by atoms with van der Waals surface area (Å²) in [5.74, 6) is -1.37. The lowest BCUT2D eigenvalue weighted by atomic mass is 10.2. The normalized spacial score (nSPS) is 15.1. The molecule has 0 aromatic carbocycles. The molecule has 10 nitrogen and oxygen atoms in total. The molecule has 1 fully saturated rings. The van der Waals surface area contributed by atoms with Crippen molar-refractivity contribution in [3.8, 4) is 0 Å². The summed E-state index contributed by atoms with van der Waals surface area (Å²) in [5.41, 5.74) is 1.20. The Hall–Kier alpha value is -3.51. The van der Waals surface area contributed by atoms with Gasteiger partial charge in [0.2, 0.25) is 0 Å². The molecule has 2 N–H and O–H groups in total. The maximum atomic E-state index is 13.3. The lowest BCUT2D eigenvalue weighted by molar-refractivity contribution is -0.140. The monoisotopic (exact) mass is 484 g/mol. The van der Waals surface area contributed by atoms with Gasteiger partial charge in [0.25, 0.3) is 11.5 Å². The molecular formula is C21H20N6O4S2. The number of imidazole rings is 1. The summed E-state index contributed by atoms with van der Waals surface area (Å²) in [7, 11) is 0. The fraction of sp³-hybridized carbons (Fsp3) is 0.238. The first-order valence-electron chi connectivity index (χ1n) is 10.0. The van der Waals surface area contributed by atoms with Gasteiger partial charge in [-0.3, -0.25) is 23.7 Å². The Morgan fingerprint density at radius 1 is 1.33 bits per heavy atom. The Labute approximate surface area is 197 Å². The molecule has 1 aliphatic heterocycles. The van der Waals surface area contributed by atoms with Crippen molar-refractivity contribution in [1.82, 2.24) is 23.8 Å². The number of aliphatic carboxylic acids is 1. The van der Waals surface area contributed by atoms with Gasteiger partial charge in [-0.2, -0.15) is 0 Å². The summed E-state index contributed by atoms with van der Waals surface area (Å²) in [6, 6.07) is 3.61. The number of carbonyl (C=O) groups is 2. The third-order valence-corrected chi connectivity index (χ3v) is 6.35. The second-order valence-electron chi connectivity index (χ2n) is 7.31. The van der Waals surface area contributed by atoms with Crippen molar-refractivity contribution in [2.24, 2.45) is 0 Å². The van der Waals surface area contributed by atoms with Crippen molar-refractivity contribution >= 4 is 57.7 Å². The molecule has 33 heavy (non-hydrogen) atoms. The smallest absolute Gasteiger partial charge is 0.323 e. The summed E-state index contributed by atoms with van der Waals surface area (Å²) in [5, 5.41) is 12.3. The molecule has 0 radical (unpaired) electrons. The number of thioether (sulfide) groups is 1. The molecule has 3 aromatic heterocycles. The Morgan fingerprint density at radius 2 is 2.15 bits per heavy atom. The van der Waals surface area contributed by atoms with Gasteiger partial charge in [0.05, 0.1) is 16.8 Å². The van der Waals surface area contributed by atoms with Gasteiger partial charge in [0.1, 0.15) is 22.3 Å². The number of rotatable bonds is 8. The topological polar surface area (TPSA) is 122 Å². The first-order chi connectivity index (χ1) is 15.8. The highest BCUT2D eigenvalue weighted by Crippen LogP contribution is 2.32. The number of anilines is 1. The van der Waals surface area contributed by atoms with E-state index in [1.165, 1.54) is 10.5 Å². The van der Waals surface area contributed by atoms with Gasteiger partial charge >= 0.3 is 5.97 Å². The van der Waals surface area contributed by atoms with E-state index >= 15 is 0 Å². The van der Waals surface area contributed by atoms with Crippen LogP contribution >= 0.6 is 24.0 Å². The molecule has 0 atom stereocenters.